The first-order chi connectivity index (χ1) is 10.9. The predicted octanol–water partition coefficient (Wildman–Crippen LogP) is 1.49. The average Bonchev–Trinajstić information content (AvgIpc) is 2.87. The summed E-state index contributed by atoms with van der Waals surface area (Å²) < 4.78 is 34.1. The minimum absolute atomic E-state index is 0.0798. The molecule has 3 rings (SSSR count). The fourth-order valence-electron chi connectivity index (χ4n) is 2.72. The van der Waals surface area contributed by atoms with Crippen molar-refractivity contribution in [3.8, 4) is 0 Å². The molecule has 6 nitrogen and oxygen atoms in total. The molecular weight excluding hydrogens is 314 g/mol. The maximum absolute atomic E-state index is 12.6. The zero-order valence-electron chi connectivity index (χ0n) is 13.6. The number of benzene rings is 1. The van der Waals surface area contributed by atoms with E-state index in [0.717, 1.165) is 6.42 Å². The first kappa shape index (κ1) is 16.2. The van der Waals surface area contributed by atoms with Crippen LogP contribution in [-0.4, -0.2) is 42.0 Å². The van der Waals surface area contributed by atoms with E-state index in [-0.39, 0.29) is 11.1 Å². The van der Waals surface area contributed by atoms with E-state index in [1.165, 1.54) is 21.6 Å². The zero-order chi connectivity index (χ0) is 16.6. The first-order valence-electron chi connectivity index (χ1n) is 7.52. The molecule has 0 fully saturated rings. The van der Waals surface area contributed by atoms with E-state index < -0.39 is 10.0 Å². The number of rotatable bonds is 4. The molecule has 0 N–H and O–H groups in total. The van der Waals surface area contributed by atoms with Crippen LogP contribution in [0.3, 0.4) is 0 Å². The van der Waals surface area contributed by atoms with Crippen molar-refractivity contribution in [2.24, 2.45) is 7.05 Å². The summed E-state index contributed by atoms with van der Waals surface area (Å²) in [4.78, 5) is 4.12. The lowest BCUT2D eigenvalue weighted by atomic mass is 9.99. The second-order valence-corrected chi connectivity index (χ2v) is 7.92. The minimum Gasteiger partial charge on any atom is -0.372 e. The van der Waals surface area contributed by atoms with Crippen LogP contribution < -0.4 is 0 Å². The van der Waals surface area contributed by atoms with Gasteiger partial charge < -0.3 is 9.30 Å². The lowest BCUT2D eigenvalue weighted by Crippen LogP contribution is -2.38. The van der Waals surface area contributed by atoms with Crippen molar-refractivity contribution in [2.45, 2.75) is 31.1 Å². The number of ether oxygens (including phenoxy) is 1. The maximum atomic E-state index is 12.6. The molecule has 1 atom stereocenters. The fraction of sp³-hybridized carbons (Fsp3) is 0.438. The van der Waals surface area contributed by atoms with Crippen molar-refractivity contribution in [3.05, 3.63) is 47.4 Å². The molecule has 1 aliphatic rings. The zero-order valence-corrected chi connectivity index (χ0v) is 14.4. The molecule has 0 radical (unpaired) electrons. The van der Waals surface area contributed by atoms with Crippen LogP contribution in [0.5, 0.6) is 0 Å². The Morgan fingerprint density at radius 2 is 2.04 bits per heavy atom. The third-order valence-electron chi connectivity index (χ3n) is 4.26. The molecule has 0 spiro atoms. The van der Waals surface area contributed by atoms with Gasteiger partial charge in [-0.25, -0.2) is 13.4 Å². The van der Waals surface area contributed by atoms with Crippen LogP contribution in [-0.2, 0) is 34.8 Å². The molecule has 1 aromatic carbocycles. The molecule has 0 amide bonds. The Hall–Kier alpha value is -1.70. The number of hydrogen-bond acceptors (Lipinski definition) is 4. The first-order valence-corrected chi connectivity index (χ1v) is 8.96. The Bertz CT molecular complexity index is 794. The van der Waals surface area contributed by atoms with Crippen LogP contribution in [0.2, 0.25) is 0 Å². The Balaban J connectivity index is 1.73. The lowest BCUT2D eigenvalue weighted by Gasteiger charge is -2.28. The van der Waals surface area contributed by atoms with E-state index in [4.69, 9.17) is 4.74 Å². The standard InChI is InChI=1S/C16H21N3O3S/c1-12-17-16(10-18(12)2)23(20,21)19(3)9-15-8-13-6-4-5-7-14(13)11-22-15/h4-7,10,15H,8-9,11H2,1-3H3/t15-/m0/s1. The van der Waals surface area contributed by atoms with Gasteiger partial charge >= 0.3 is 0 Å². The van der Waals surface area contributed by atoms with Gasteiger partial charge in [0.05, 0.1) is 12.7 Å². The van der Waals surface area contributed by atoms with E-state index in [0.29, 0.717) is 19.0 Å². The summed E-state index contributed by atoms with van der Waals surface area (Å²) in [6.45, 7) is 2.61. The topological polar surface area (TPSA) is 64.4 Å². The van der Waals surface area contributed by atoms with Crippen molar-refractivity contribution in [3.63, 3.8) is 0 Å². The number of sulfonamides is 1. The molecule has 1 aromatic heterocycles. The van der Waals surface area contributed by atoms with E-state index in [1.54, 1.807) is 25.6 Å². The van der Waals surface area contributed by atoms with Gasteiger partial charge in [0.2, 0.25) is 0 Å². The molecule has 0 saturated heterocycles. The smallest absolute Gasteiger partial charge is 0.261 e. The Kier molecular flexibility index (Phi) is 4.27. The van der Waals surface area contributed by atoms with Crippen LogP contribution in [0.15, 0.2) is 35.5 Å². The monoisotopic (exact) mass is 335 g/mol. The van der Waals surface area contributed by atoms with Crippen LogP contribution in [0, 0.1) is 6.92 Å². The maximum Gasteiger partial charge on any atom is 0.261 e. The Morgan fingerprint density at radius 3 is 2.70 bits per heavy atom. The van der Waals surface area contributed by atoms with Gasteiger partial charge in [0.15, 0.2) is 5.03 Å². The molecule has 0 aliphatic carbocycles. The van der Waals surface area contributed by atoms with Crippen molar-refractivity contribution in [1.82, 2.24) is 13.9 Å². The SMILES string of the molecule is Cc1nc(S(=O)(=O)N(C)C[C@@H]2Cc3ccccc3CO2)cn1C. The average molecular weight is 335 g/mol. The predicted molar refractivity (Wildman–Crippen MR) is 86.5 cm³/mol. The summed E-state index contributed by atoms with van der Waals surface area (Å²) in [5.41, 5.74) is 2.40. The highest BCUT2D eigenvalue weighted by Gasteiger charge is 2.28. The van der Waals surface area contributed by atoms with Gasteiger partial charge in [-0.15, -0.1) is 0 Å². The second-order valence-electron chi connectivity index (χ2n) is 5.93. The van der Waals surface area contributed by atoms with Crippen molar-refractivity contribution in [1.29, 1.82) is 0 Å². The Labute approximate surface area is 136 Å². The van der Waals surface area contributed by atoms with Crippen LogP contribution in [0.4, 0.5) is 0 Å². The highest BCUT2D eigenvalue weighted by Crippen LogP contribution is 2.22. The molecule has 23 heavy (non-hydrogen) atoms. The van der Waals surface area contributed by atoms with E-state index in [1.807, 2.05) is 18.2 Å². The van der Waals surface area contributed by atoms with Gasteiger partial charge in [-0.3, -0.25) is 0 Å². The third-order valence-corrected chi connectivity index (χ3v) is 5.96. The number of nitrogens with zero attached hydrogens (tertiary/aromatic N) is 3. The summed E-state index contributed by atoms with van der Waals surface area (Å²) in [6, 6.07) is 8.10. The molecular formula is C16H21N3O3S. The van der Waals surface area contributed by atoms with Crippen molar-refractivity contribution >= 4 is 10.0 Å². The second kappa shape index (κ2) is 6.07. The summed E-state index contributed by atoms with van der Waals surface area (Å²) >= 11 is 0. The number of fused-ring (bicyclic) bond motifs is 1. The molecule has 0 unspecified atom stereocenters. The van der Waals surface area contributed by atoms with Gasteiger partial charge in [-0.05, 0) is 18.1 Å². The van der Waals surface area contributed by atoms with E-state index in [9.17, 15) is 8.42 Å². The number of hydrogen-bond donors (Lipinski definition) is 0. The summed E-state index contributed by atoms with van der Waals surface area (Å²) in [6.07, 6.45) is 2.12. The number of aryl methyl sites for hydroxylation is 2. The van der Waals surface area contributed by atoms with Gasteiger partial charge in [-0.1, -0.05) is 24.3 Å². The largest absolute Gasteiger partial charge is 0.372 e. The molecule has 1 aliphatic heterocycles. The van der Waals surface area contributed by atoms with Gasteiger partial charge in [-0.2, -0.15) is 4.31 Å². The molecule has 124 valence electrons. The normalized spacial score (nSPS) is 18.2. The fourth-order valence-corrected chi connectivity index (χ4v) is 3.94. The van der Waals surface area contributed by atoms with Crippen LogP contribution in [0.1, 0.15) is 17.0 Å². The molecule has 7 heteroatoms. The van der Waals surface area contributed by atoms with Crippen LogP contribution >= 0.6 is 0 Å². The third kappa shape index (κ3) is 3.17. The molecule has 2 heterocycles. The van der Waals surface area contributed by atoms with Gasteiger partial charge in [0.25, 0.3) is 10.0 Å². The summed E-state index contributed by atoms with van der Waals surface area (Å²) in [5.74, 6) is 0.666. The lowest BCUT2D eigenvalue weighted by molar-refractivity contribution is 0.0202. The summed E-state index contributed by atoms with van der Waals surface area (Å²) in [5, 5.41) is 0.0798. The Morgan fingerprint density at radius 1 is 1.35 bits per heavy atom. The minimum atomic E-state index is -3.60. The van der Waals surface area contributed by atoms with Crippen LogP contribution in [0.25, 0.3) is 0 Å². The van der Waals surface area contributed by atoms with E-state index >= 15 is 0 Å². The van der Waals surface area contributed by atoms with Crippen molar-refractivity contribution < 1.29 is 13.2 Å². The summed E-state index contributed by atoms with van der Waals surface area (Å²) in [7, 11) is -0.243. The van der Waals surface area contributed by atoms with Gasteiger partial charge in [0.1, 0.15) is 5.82 Å². The molecule has 2 aromatic rings. The highest BCUT2D eigenvalue weighted by atomic mass is 32.2. The number of likely N-dealkylation sites (N-methyl/N-ethyl adjacent to an activating group) is 1. The number of imidazole rings is 1. The van der Waals surface area contributed by atoms with E-state index in [2.05, 4.69) is 11.1 Å². The van der Waals surface area contributed by atoms with Crippen molar-refractivity contribution in [2.75, 3.05) is 13.6 Å². The highest BCUT2D eigenvalue weighted by molar-refractivity contribution is 7.89. The quantitative estimate of drug-likeness (QED) is 0.849. The molecule has 0 bridgehead atoms. The van der Waals surface area contributed by atoms with Gasteiger partial charge in [0, 0.05) is 33.3 Å². The molecule has 0 saturated carbocycles. The number of aromatic nitrogens is 2.